The zero-order valence-corrected chi connectivity index (χ0v) is 9.34. The summed E-state index contributed by atoms with van der Waals surface area (Å²) in [6.07, 6.45) is 0. The Morgan fingerprint density at radius 3 is 2.75 bits per heavy atom. The van der Waals surface area contributed by atoms with Gasteiger partial charge in [0.2, 0.25) is 0 Å². The molecule has 0 aliphatic carbocycles. The van der Waals surface area contributed by atoms with Gasteiger partial charge in [-0.1, -0.05) is 11.6 Å². The summed E-state index contributed by atoms with van der Waals surface area (Å²) in [4.78, 5) is 0. The van der Waals surface area contributed by atoms with Crippen LogP contribution >= 0.6 is 11.6 Å². The Labute approximate surface area is 97.7 Å². The molecular formula is C11H12ClFO3. The number of hydrogen-bond donors (Lipinski definition) is 1. The van der Waals surface area contributed by atoms with Crippen LogP contribution in [0.15, 0.2) is 18.2 Å². The van der Waals surface area contributed by atoms with E-state index in [9.17, 15) is 9.50 Å². The molecule has 0 aromatic heterocycles. The van der Waals surface area contributed by atoms with Gasteiger partial charge in [-0.2, -0.15) is 0 Å². The van der Waals surface area contributed by atoms with Gasteiger partial charge in [0.25, 0.3) is 0 Å². The highest BCUT2D eigenvalue weighted by Gasteiger charge is 2.39. The minimum atomic E-state index is -0.402. The third-order valence-corrected chi connectivity index (χ3v) is 2.88. The van der Waals surface area contributed by atoms with Gasteiger partial charge in [0, 0.05) is 0 Å². The highest BCUT2D eigenvalue weighted by molar-refractivity contribution is 6.32. The first-order chi connectivity index (χ1) is 7.65. The molecule has 2 rings (SSSR count). The normalized spacial score (nSPS) is 17.9. The average molecular weight is 247 g/mol. The SMILES string of the molecule is OCC1(COc2ccc(F)cc2Cl)COC1. The molecule has 0 saturated carbocycles. The van der Waals surface area contributed by atoms with Gasteiger partial charge >= 0.3 is 0 Å². The fourth-order valence-electron chi connectivity index (χ4n) is 1.43. The first kappa shape index (κ1) is 11.6. The summed E-state index contributed by atoms with van der Waals surface area (Å²) >= 11 is 5.80. The Morgan fingerprint density at radius 1 is 1.50 bits per heavy atom. The molecule has 0 amide bonds. The quantitative estimate of drug-likeness (QED) is 0.882. The molecule has 1 saturated heterocycles. The van der Waals surface area contributed by atoms with Crippen LogP contribution in [-0.4, -0.2) is 31.5 Å². The van der Waals surface area contributed by atoms with Crippen molar-refractivity contribution in [2.45, 2.75) is 0 Å². The molecule has 1 fully saturated rings. The molecule has 0 bridgehead atoms. The van der Waals surface area contributed by atoms with Gasteiger partial charge in [0.1, 0.15) is 18.2 Å². The number of hydrogen-bond acceptors (Lipinski definition) is 3. The van der Waals surface area contributed by atoms with Gasteiger partial charge in [0.15, 0.2) is 0 Å². The lowest BCUT2D eigenvalue weighted by Crippen LogP contribution is -2.49. The van der Waals surface area contributed by atoms with Gasteiger partial charge in [-0.25, -0.2) is 4.39 Å². The van der Waals surface area contributed by atoms with Gasteiger partial charge in [0.05, 0.1) is 30.3 Å². The van der Waals surface area contributed by atoms with Crippen molar-refractivity contribution in [2.75, 3.05) is 26.4 Å². The standard InChI is InChI=1S/C11H12ClFO3/c12-9-3-8(13)1-2-10(9)16-7-11(4-14)5-15-6-11/h1-3,14H,4-7H2. The van der Waals surface area contributed by atoms with Crippen LogP contribution in [0.2, 0.25) is 5.02 Å². The van der Waals surface area contributed by atoms with Crippen LogP contribution in [0, 0.1) is 11.2 Å². The van der Waals surface area contributed by atoms with Crippen molar-refractivity contribution in [3.05, 3.63) is 29.0 Å². The number of halogens is 2. The highest BCUT2D eigenvalue weighted by atomic mass is 35.5. The average Bonchev–Trinajstić information content (AvgIpc) is 2.19. The van der Waals surface area contributed by atoms with E-state index in [4.69, 9.17) is 21.1 Å². The minimum Gasteiger partial charge on any atom is -0.491 e. The van der Waals surface area contributed by atoms with Crippen molar-refractivity contribution in [1.29, 1.82) is 0 Å². The first-order valence-electron chi connectivity index (χ1n) is 4.92. The molecule has 0 spiro atoms. The number of aliphatic hydroxyl groups excluding tert-OH is 1. The molecule has 3 nitrogen and oxygen atoms in total. The van der Waals surface area contributed by atoms with Crippen LogP contribution in [0.3, 0.4) is 0 Å². The molecule has 1 aromatic carbocycles. The molecule has 88 valence electrons. The molecule has 1 aliphatic heterocycles. The molecule has 1 heterocycles. The maximum absolute atomic E-state index is 12.8. The van der Waals surface area contributed by atoms with E-state index in [1.54, 1.807) is 0 Å². The summed E-state index contributed by atoms with van der Waals surface area (Å²) < 4.78 is 23.3. The second-order valence-electron chi connectivity index (χ2n) is 4.01. The molecule has 1 N–H and O–H groups in total. The summed E-state index contributed by atoms with van der Waals surface area (Å²) in [6.45, 7) is 1.27. The second-order valence-corrected chi connectivity index (χ2v) is 4.42. The maximum atomic E-state index is 12.8. The number of ether oxygens (including phenoxy) is 2. The summed E-state index contributed by atoms with van der Waals surface area (Å²) in [7, 11) is 0. The van der Waals surface area contributed by atoms with Crippen LogP contribution < -0.4 is 4.74 Å². The molecule has 0 unspecified atom stereocenters. The van der Waals surface area contributed by atoms with Crippen molar-refractivity contribution in [1.82, 2.24) is 0 Å². The van der Waals surface area contributed by atoms with Gasteiger partial charge in [-0.3, -0.25) is 0 Å². The topological polar surface area (TPSA) is 38.7 Å². The van der Waals surface area contributed by atoms with Crippen LogP contribution in [0.4, 0.5) is 4.39 Å². The first-order valence-corrected chi connectivity index (χ1v) is 5.29. The van der Waals surface area contributed by atoms with Crippen LogP contribution in [0.25, 0.3) is 0 Å². The Morgan fingerprint density at radius 2 is 2.25 bits per heavy atom. The van der Waals surface area contributed by atoms with Gasteiger partial charge in [-0.05, 0) is 18.2 Å². The highest BCUT2D eigenvalue weighted by Crippen LogP contribution is 2.30. The summed E-state index contributed by atoms with van der Waals surface area (Å²) in [5.74, 6) is 0.0176. The molecule has 16 heavy (non-hydrogen) atoms. The zero-order valence-electron chi connectivity index (χ0n) is 8.58. The molecule has 0 radical (unpaired) electrons. The van der Waals surface area contributed by atoms with E-state index in [2.05, 4.69) is 0 Å². The van der Waals surface area contributed by atoms with Gasteiger partial charge < -0.3 is 14.6 Å². The Bertz CT molecular complexity index is 374. The molecule has 0 atom stereocenters. The van der Waals surface area contributed by atoms with Crippen LogP contribution in [0.1, 0.15) is 0 Å². The van der Waals surface area contributed by atoms with Crippen molar-refractivity contribution < 1.29 is 19.0 Å². The Balaban J connectivity index is 1.99. The Hall–Kier alpha value is -0.840. The zero-order chi connectivity index (χ0) is 11.6. The Kier molecular flexibility index (Phi) is 3.33. The van der Waals surface area contributed by atoms with E-state index in [0.29, 0.717) is 25.6 Å². The van der Waals surface area contributed by atoms with E-state index < -0.39 is 5.82 Å². The second kappa shape index (κ2) is 4.57. The summed E-state index contributed by atoms with van der Waals surface area (Å²) in [6, 6.07) is 3.95. The fourth-order valence-corrected chi connectivity index (χ4v) is 1.66. The smallest absolute Gasteiger partial charge is 0.138 e. The molecule has 1 aromatic rings. The van der Waals surface area contributed by atoms with Crippen LogP contribution in [0.5, 0.6) is 5.75 Å². The van der Waals surface area contributed by atoms with E-state index in [-0.39, 0.29) is 17.0 Å². The summed E-state index contributed by atoms with van der Waals surface area (Å²) in [5.41, 5.74) is -0.336. The predicted octanol–water partition coefficient (Wildman–Crippen LogP) is 1.87. The van der Waals surface area contributed by atoms with E-state index >= 15 is 0 Å². The van der Waals surface area contributed by atoms with Crippen molar-refractivity contribution >= 4 is 11.6 Å². The van der Waals surface area contributed by atoms with Gasteiger partial charge in [-0.15, -0.1) is 0 Å². The lowest BCUT2D eigenvalue weighted by atomic mass is 9.88. The maximum Gasteiger partial charge on any atom is 0.138 e. The fraction of sp³-hybridized carbons (Fsp3) is 0.455. The third kappa shape index (κ3) is 2.29. The lowest BCUT2D eigenvalue weighted by Gasteiger charge is -2.39. The number of aliphatic hydroxyl groups is 1. The van der Waals surface area contributed by atoms with Crippen molar-refractivity contribution in [3.8, 4) is 5.75 Å². The van der Waals surface area contributed by atoms with E-state index in [1.807, 2.05) is 0 Å². The van der Waals surface area contributed by atoms with E-state index in [1.165, 1.54) is 18.2 Å². The molecule has 1 aliphatic rings. The van der Waals surface area contributed by atoms with Crippen LogP contribution in [-0.2, 0) is 4.74 Å². The van der Waals surface area contributed by atoms with Crippen molar-refractivity contribution in [2.24, 2.45) is 5.41 Å². The predicted molar refractivity (Wildman–Crippen MR) is 57.2 cm³/mol. The molecular weight excluding hydrogens is 235 g/mol. The lowest BCUT2D eigenvalue weighted by molar-refractivity contribution is -0.153. The molecule has 5 heteroatoms. The van der Waals surface area contributed by atoms with Crippen molar-refractivity contribution in [3.63, 3.8) is 0 Å². The third-order valence-electron chi connectivity index (χ3n) is 2.58. The summed E-state index contributed by atoms with van der Waals surface area (Å²) in [5, 5.41) is 9.40. The number of benzene rings is 1. The largest absolute Gasteiger partial charge is 0.491 e. The van der Waals surface area contributed by atoms with E-state index in [0.717, 1.165) is 0 Å². The minimum absolute atomic E-state index is 0.00577. The number of rotatable bonds is 4. The monoisotopic (exact) mass is 246 g/mol.